The first-order chi connectivity index (χ1) is 7.66. The van der Waals surface area contributed by atoms with Crippen LogP contribution in [0.5, 0.6) is 0 Å². The van der Waals surface area contributed by atoms with Crippen molar-refractivity contribution in [2.24, 2.45) is 11.8 Å². The van der Waals surface area contributed by atoms with Gasteiger partial charge in [0, 0.05) is 13.1 Å². The fourth-order valence-electron chi connectivity index (χ4n) is 2.15. The van der Waals surface area contributed by atoms with Crippen molar-refractivity contribution in [2.75, 3.05) is 13.1 Å². The molecule has 3 heteroatoms. The van der Waals surface area contributed by atoms with E-state index in [2.05, 4.69) is 6.07 Å². The summed E-state index contributed by atoms with van der Waals surface area (Å²) in [6, 6.07) is 2.14. The Bertz CT molecular complexity index is 260. The Labute approximate surface area is 98.4 Å². The van der Waals surface area contributed by atoms with Crippen LogP contribution < -0.4 is 0 Å². The van der Waals surface area contributed by atoms with Crippen molar-refractivity contribution in [3.63, 3.8) is 0 Å². The Kier molecular flexibility index (Phi) is 5.31. The molecule has 3 nitrogen and oxygen atoms in total. The van der Waals surface area contributed by atoms with Crippen LogP contribution in [0, 0.1) is 23.2 Å². The molecule has 0 radical (unpaired) electrons. The molecule has 1 fully saturated rings. The summed E-state index contributed by atoms with van der Waals surface area (Å²) in [6.45, 7) is 5.55. The number of hydrogen-bond donors (Lipinski definition) is 0. The summed E-state index contributed by atoms with van der Waals surface area (Å²) in [5.74, 6) is -0.304. The first-order valence-corrected chi connectivity index (χ1v) is 6.35. The first-order valence-electron chi connectivity index (χ1n) is 6.35. The molecule has 1 aliphatic rings. The Hall–Kier alpha value is -1.04. The third-order valence-corrected chi connectivity index (χ3v) is 3.24. The molecule has 1 atom stereocenters. The van der Waals surface area contributed by atoms with Gasteiger partial charge in [0.1, 0.15) is 5.92 Å². The van der Waals surface area contributed by atoms with Gasteiger partial charge in [0.25, 0.3) is 0 Å². The lowest BCUT2D eigenvalue weighted by molar-refractivity contribution is -0.135. The molecule has 1 unspecified atom stereocenters. The zero-order valence-corrected chi connectivity index (χ0v) is 10.4. The normalized spacial score (nSPS) is 19.8. The predicted octanol–water partition coefficient (Wildman–Crippen LogP) is 2.57. The van der Waals surface area contributed by atoms with Crippen LogP contribution in [-0.2, 0) is 4.79 Å². The summed E-state index contributed by atoms with van der Waals surface area (Å²) in [4.78, 5) is 14.0. The second-order valence-electron chi connectivity index (χ2n) is 4.94. The predicted molar refractivity (Wildman–Crippen MR) is 63.6 cm³/mol. The van der Waals surface area contributed by atoms with Gasteiger partial charge in [-0.05, 0) is 18.8 Å². The molecule has 1 aliphatic heterocycles. The summed E-state index contributed by atoms with van der Waals surface area (Å²) in [5.41, 5.74) is 0. The Morgan fingerprint density at radius 3 is 2.06 bits per heavy atom. The van der Waals surface area contributed by atoms with Gasteiger partial charge < -0.3 is 4.90 Å². The van der Waals surface area contributed by atoms with Crippen LogP contribution in [0.3, 0.4) is 0 Å². The Morgan fingerprint density at radius 1 is 1.12 bits per heavy atom. The van der Waals surface area contributed by atoms with E-state index in [-0.39, 0.29) is 11.8 Å². The minimum atomic E-state index is -0.459. The van der Waals surface area contributed by atoms with Crippen molar-refractivity contribution in [3.05, 3.63) is 0 Å². The molecule has 1 heterocycles. The average molecular weight is 222 g/mol. The van der Waals surface area contributed by atoms with Gasteiger partial charge in [0.05, 0.1) is 6.07 Å². The van der Waals surface area contributed by atoms with Gasteiger partial charge in [0.15, 0.2) is 0 Å². The van der Waals surface area contributed by atoms with E-state index in [1.165, 1.54) is 19.3 Å². The molecule has 0 aliphatic carbocycles. The number of carbonyl (C=O) groups excluding carboxylic acids is 1. The van der Waals surface area contributed by atoms with Gasteiger partial charge >= 0.3 is 0 Å². The molecule has 1 saturated heterocycles. The van der Waals surface area contributed by atoms with Crippen molar-refractivity contribution < 1.29 is 4.79 Å². The number of carbonyl (C=O) groups is 1. The highest BCUT2D eigenvalue weighted by atomic mass is 16.2. The van der Waals surface area contributed by atoms with E-state index in [1.807, 2.05) is 18.7 Å². The van der Waals surface area contributed by atoms with E-state index in [0.717, 1.165) is 25.9 Å². The number of rotatable bonds is 2. The van der Waals surface area contributed by atoms with Crippen molar-refractivity contribution in [2.45, 2.75) is 46.0 Å². The highest BCUT2D eigenvalue weighted by Gasteiger charge is 2.26. The van der Waals surface area contributed by atoms with E-state index in [1.54, 1.807) is 0 Å². The number of likely N-dealkylation sites (tertiary alicyclic amines) is 1. The van der Waals surface area contributed by atoms with E-state index in [9.17, 15) is 4.79 Å². The third-order valence-electron chi connectivity index (χ3n) is 3.24. The second kappa shape index (κ2) is 6.52. The summed E-state index contributed by atoms with van der Waals surface area (Å²) < 4.78 is 0. The fourth-order valence-corrected chi connectivity index (χ4v) is 2.15. The lowest BCUT2D eigenvalue weighted by Gasteiger charge is -2.27. The maximum absolute atomic E-state index is 12.1. The largest absolute Gasteiger partial charge is 0.342 e. The maximum Gasteiger partial charge on any atom is 0.240 e. The number of nitriles is 1. The molecular weight excluding hydrogens is 200 g/mol. The minimum absolute atomic E-state index is 0.0411. The van der Waals surface area contributed by atoms with Crippen LogP contribution in [-0.4, -0.2) is 23.9 Å². The van der Waals surface area contributed by atoms with Crippen LogP contribution in [0.15, 0.2) is 0 Å². The van der Waals surface area contributed by atoms with Crippen LogP contribution in [0.4, 0.5) is 0 Å². The first kappa shape index (κ1) is 13.0. The quantitative estimate of drug-likeness (QED) is 0.720. The maximum atomic E-state index is 12.1. The molecule has 90 valence electrons. The molecule has 0 aromatic carbocycles. The summed E-state index contributed by atoms with van der Waals surface area (Å²) >= 11 is 0. The second-order valence-corrected chi connectivity index (χ2v) is 4.94. The van der Waals surface area contributed by atoms with Crippen molar-refractivity contribution in [3.8, 4) is 6.07 Å². The van der Waals surface area contributed by atoms with Crippen LogP contribution in [0.25, 0.3) is 0 Å². The minimum Gasteiger partial charge on any atom is -0.342 e. The highest BCUT2D eigenvalue weighted by molar-refractivity contribution is 5.81. The number of nitrogens with zero attached hydrogens (tertiary/aromatic N) is 2. The van der Waals surface area contributed by atoms with E-state index < -0.39 is 5.92 Å². The number of hydrogen-bond acceptors (Lipinski definition) is 2. The molecule has 0 N–H and O–H groups in total. The van der Waals surface area contributed by atoms with Crippen LogP contribution in [0.2, 0.25) is 0 Å². The van der Waals surface area contributed by atoms with Crippen LogP contribution in [0.1, 0.15) is 46.0 Å². The average Bonchev–Trinajstić information content (AvgIpc) is 2.16. The summed E-state index contributed by atoms with van der Waals surface area (Å²) in [5, 5.41) is 9.03. The molecule has 0 saturated carbocycles. The van der Waals surface area contributed by atoms with Crippen molar-refractivity contribution >= 4 is 5.91 Å². The molecule has 0 spiro atoms. The molecular formula is C13H22N2O. The standard InChI is InChI=1S/C13H22N2O/c1-11(2)12(10-14)13(16)15-8-6-4-3-5-7-9-15/h11-12H,3-9H2,1-2H3. The SMILES string of the molecule is CC(C)C(C#N)C(=O)N1CCCCCCC1. The monoisotopic (exact) mass is 222 g/mol. The lowest BCUT2D eigenvalue weighted by atomic mass is 9.95. The van der Waals surface area contributed by atoms with Gasteiger partial charge in [-0.3, -0.25) is 4.79 Å². The molecule has 0 aromatic rings. The third kappa shape index (κ3) is 3.52. The highest BCUT2D eigenvalue weighted by Crippen LogP contribution is 2.17. The Balaban J connectivity index is 2.59. The van der Waals surface area contributed by atoms with Crippen molar-refractivity contribution in [1.29, 1.82) is 5.26 Å². The zero-order chi connectivity index (χ0) is 12.0. The van der Waals surface area contributed by atoms with Gasteiger partial charge in [-0.1, -0.05) is 33.1 Å². The molecule has 0 aromatic heterocycles. The van der Waals surface area contributed by atoms with E-state index in [0.29, 0.717) is 0 Å². The molecule has 16 heavy (non-hydrogen) atoms. The molecule has 1 rings (SSSR count). The lowest BCUT2D eigenvalue weighted by Crippen LogP contribution is -2.39. The number of amides is 1. The zero-order valence-electron chi connectivity index (χ0n) is 10.4. The van der Waals surface area contributed by atoms with Crippen molar-refractivity contribution in [1.82, 2.24) is 4.90 Å². The van der Waals surface area contributed by atoms with Gasteiger partial charge in [-0.25, -0.2) is 0 Å². The molecule has 0 bridgehead atoms. The smallest absolute Gasteiger partial charge is 0.240 e. The van der Waals surface area contributed by atoms with E-state index >= 15 is 0 Å². The van der Waals surface area contributed by atoms with E-state index in [4.69, 9.17) is 5.26 Å². The van der Waals surface area contributed by atoms with Crippen LogP contribution >= 0.6 is 0 Å². The fraction of sp³-hybridized carbons (Fsp3) is 0.846. The van der Waals surface area contributed by atoms with Gasteiger partial charge in [0.2, 0.25) is 5.91 Å². The molecule has 1 amide bonds. The van der Waals surface area contributed by atoms with Gasteiger partial charge in [-0.2, -0.15) is 5.26 Å². The summed E-state index contributed by atoms with van der Waals surface area (Å²) in [6.07, 6.45) is 5.88. The van der Waals surface area contributed by atoms with Gasteiger partial charge in [-0.15, -0.1) is 0 Å². The topological polar surface area (TPSA) is 44.1 Å². The summed E-state index contributed by atoms with van der Waals surface area (Å²) in [7, 11) is 0. The Morgan fingerprint density at radius 2 is 1.62 bits per heavy atom.